The number of carbonyl (C=O) groups is 2. The standard InChI is InChI=1S/C7H11N3O2S.C2H6.2H2/c8-7(13)9-5(11)4-10-3-1-2-6(10)12;1-2;;/h1-4H2,(H3,8,9,11,13);1-2H3;2*1H. The van der Waals surface area contributed by atoms with Gasteiger partial charge in [0, 0.05) is 15.8 Å². The molecule has 0 spiro atoms. The van der Waals surface area contributed by atoms with Gasteiger partial charge in [0.1, 0.15) is 0 Å². The largest absolute Gasteiger partial charge is 0.376 e. The molecule has 6 heteroatoms. The SMILES string of the molecule is CC.NC(=S)NC(=O)CN1CCCC1=O.[HH].[HH]. The molecule has 1 fully saturated rings. The molecule has 0 bridgehead atoms. The van der Waals surface area contributed by atoms with Crippen molar-refractivity contribution in [1.29, 1.82) is 0 Å². The fraction of sp³-hybridized carbons (Fsp3) is 0.667. The third-order valence-electron chi connectivity index (χ3n) is 1.77. The highest BCUT2D eigenvalue weighted by atomic mass is 32.1. The van der Waals surface area contributed by atoms with Gasteiger partial charge in [-0.2, -0.15) is 0 Å². The van der Waals surface area contributed by atoms with Gasteiger partial charge in [0.2, 0.25) is 11.8 Å². The van der Waals surface area contributed by atoms with E-state index in [-0.39, 0.29) is 26.3 Å². The number of hydrogen-bond donors (Lipinski definition) is 2. The molecule has 0 aromatic rings. The van der Waals surface area contributed by atoms with Crippen molar-refractivity contribution < 1.29 is 12.4 Å². The predicted molar refractivity (Wildman–Crippen MR) is 66.3 cm³/mol. The number of nitrogens with two attached hydrogens (primary N) is 1. The van der Waals surface area contributed by atoms with E-state index in [4.69, 9.17) is 5.73 Å². The molecule has 5 nitrogen and oxygen atoms in total. The van der Waals surface area contributed by atoms with E-state index in [1.54, 1.807) is 0 Å². The lowest BCUT2D eigenvalue weighted by Crippen LogP contribution is -2.42. The van der Waals surface area contributed by atoms with Crippen molar-refractivity contribution in [2.75, 3.05) is 13.1 Å². The van der Waals surface area contributed by atoms with E-state index in [1.165, 1.54) is 4.90 Å². The summed E-state index contributed by atoms with van der Waals surface area (Å²) in [5, 5.41) is 2.21. The van der Waals surface area contributed by atoms with Crippen LogP contribution in [-0.2, 0) is 9.59 Å². The maximum absolute atomic E-state index is 11.1. The third kappa shape index (κ3) is 5.31. The normalized spacial score (nSPS) is 14.3. The van der Waals surface area contributed by atoms with Crippen LogP contribution in [0.2, 0.25) is 0 Å². The van der Waals surface area contributed by atoms with E-state index in [0.717, 1.165) is 6.42 Å². The Morgan fingerprint density at radius 3 is 2.67 bits per heavy atom. The average Bonchev–Trinajstić information content (AvgIpc) is 2.54. The van der Waals surface area contributed by atoms with Gasteiger partial charge >= 0.3 is 0 Å². The predicted octanol–water partition coefficient (Wildman–Crippen LogP) is 0.487. The summed E-state index contributed by atoms with van der Waals surface area (Å²) in [5.41, 5.74) is 5.10. The highest BCUT2D eigenvalue weighted by Crippen LogP contribution is 2.08. The Morgan fingerprint density at radius 1 is 1.67 bits per heavy atom. The lowest BCUT2D eigenvalue weighted by Gasteiger charge is -2.13. The molecule has 1 saturated heterocycles. The first-order valence-electron chi connectivity index (χ1n) is 4.96. The van der Waals surface area contributed by atoms with Crippen LogP contribution >= 0.6 is 12.2 Å². The molecule has 2 amide bonds. The zero-order chi connectivity index (χ0) is 11.8. The Labute approximate surface area is 98.0 Å². The molecule has 15 heavy (non-hydrogen) atoms. The molecule has 1 aliphatic rings. The lowest BCUT2D eigenvalue weighted by molar-refractivity contribution is -0.132. The van der Waals surface area contributed by atoms with Gasteiger partial charge in [-0.05, 0) is 18.6 Å². The third-order valence-corrected chi connectivity index (χ3v) is 1.87. The Kier molecular flexibility index (Phi) is 6.61. The summed E-state index contributed by atoms with van der Waals surface area (Å²) < 4.78 is 0. The van der Waals surface area contributed by atoms with Gasteiger partial charge in [-0.1, -0.05) is 13.8 Å². The molecule has 0 unspecified atom stereocenters. The van der Waals surface area contributed by atoms with Crippen molar-refractivity contribution >= 4 is 29.1 Å². The van der Waals surface area contributed by atoms with Crippen molar-refractivity contribution in [3.63, 3.8) is 0 Å². The molecule has 3 N–H and O–H groups in total. The van der Waals surface area contributed by atoms with E-state index in [1.807, 2.05) is 13.8 Å². The van der Waals surface area contributed by atoms with Crippen LogP contribution in [-0.4, -0.2) is 34.9 Å². The first kappa shape index (κ1) is 13.8. The first-order chi connectivity index (χ1) is 7.09. The highest BCUT2D eigenvalue weighted by Gasteiger charge is 2.22. The Balaban J connectivity index is -0.000000464. The van der Waals surface area contributed by atoms with Gasteiger partial charge in [-0.3, -0.25) is 9.59 Å². The van der Waals surface area contributed by atoms with E-state index in [9.17, 15) is 9.59 Å². The van der Waals surface area contributed by atoms with Crippen molar-refractivity contribution in [3.05, 3.63) is 0 Å². The van der Waals surface area contributed by atoms with Crippen LogP contribution in [0.5, 0.6) is 0 Å². The van der Waals surface area contributed by atoms with Crippen LogP contribution in [0.4, 0.5) is 0 Å². The molecule has 1 aliphatic heterocycles. The van der Waals surface area contributed by atoms with Crippen molar-refractivity contribution in [3.8, 4) is 0 Å². The molecular weight excluding hydrogens is 214 g/mol. The lowest BCUT2D eigenvalue weighted by atomic mass is 10.4. The number of likely N-dealkylation sites (tertiary alicyclic amines) is 1. The summed E-state index contributed by atoms with van der Waals surface area (Å²) in [5.74, 6) is -0.319. The van der Waals surface area contributed by atoms with Gasteiger partial charge in [0.05, 0.1) is 6.54 Å². The maximum atomic E-state index is 11.1. The van der Waals surface area contributed by atoms with E-state index in [0.29, 0.717) is 13.0 Å². The number of hydrogen-bond acceptors (Lipinski definition) is 3. The number of nitrogens with one attached hydrogen (secondary N) is 1. The van der Waals surface area contributed by atoms with Crippen LogP contribution < -0.4 is 11.1 Å². The van der Waals surface area contributed by atoms with Gasteiger partial charge in [-0.25, -0.2) is 0 Å². The van der Waals surface area contributed by atoms with Gasteiger partial charge in [0.15, 0.2) is 5.11 Å². The number of carbonyl (C=O) groups excluding carboxylic acids is 2. The molecule has 1 heterocycles. The summed E-state index contributed by atoms with van der Waals surface area (Å²) in [7, 11) is 0. The fourth-order valence-corrected chi connectivity index (χ4v) is 1.34. The van der Waals surface area contributed by atoms with Crippen LogP contribution in [0.1, 0.15) is 29.5 Å². The van der Waals surface area contributed by atoms with Gasteiger partial charge in [0.25, 0.3) is 0 Å². The van der Waals surface area contributed by atoms with E-state index >= 15 is 0 Å². The molecule has 0 aliphatic carbocycles. The summed E-state index contributed by atoms with van der Waals surface area (Å²) in [6.45, 7) is 4.69. The fourth-order valence-electron chi connectivity index (χ4n) is 1.22. The van der Waals surface area contributed by atoms with Crippen LogP contribution in [0, 0.1) is 0 Å². The smallest absolute Gasteiger partial charge is 0.245 e. The Hall–Kier alpha value is -1.17. The first-order valence-corrected chi connectivity index (χ1v) is 5.37. The number of rotatable bonds is 2. The van der Waals surface area contributed by atoms with Crippen LogP contribution in [0.15, 0.2) is 0 Å². The minimum Gasteiger partial charge on any atom is -0.376 e. The average molecular weight is 235 g/mol. The number of amides is 2. The van der Waals surface area contributed by atoms with Gasteiger partial charge < -0.3 is 16.0 Å². The second kappa shape index (κ2) is 7.17. The van der Waals surface area contributed by atoms with E-state index in [2.05, 4.69) is 17.5 Å². The van der Waals surface area contributed by atoms with Crippen LogP contribution in [0.25, 0.3) is 0 Å². The molecule has 1 rings (SSSR count). The summed E-state index contributed by atoms with van der Waals surface area (Å²) in [6, 6.07) is 0. The van der Waals surface area contributed by atoms with Crippen molar-refractivity contribution in [2.45, 2.75) is 26.7 Å². The summed E-state index contributed by atoms with van der Waals surface area (Å²) in [4.78, 5) is 23.7. The zero-order valence-electron chi connectivity index (χ0n) is 9.08. The monoisotopic (exact) mass is 235 g/mol. The molecule has 0 radical (unpaired) electrons. The number of nitrogens with zero attached hydrogens (tertiary/aromatic N) is 1. The molecule has 0 aromatic heterocycles. The second-order valence-corrected chi connectivity index (χ2v) is 3.27. The molecule has 0 atom stereocenters. The number of thiocarbonyl (C=S) groups is 1. The van der Waals surface area contributed by atoms with E-state index < -0.39 is 0 Å². The minimum absolute atomic E-state index is 0. The molecule has 0 saturated carbocycles. The summed E-state index contributed by atoms with van der Waals surface area (Å²) >= 11 is 4.48. The minimum atomic E-state index is -0.331. The van der Waals surface area contributed by atoms with Gasteiger partial charge in [-0.15, -0.1) is 0 Å². The topological polar surface area (TPSA) is 75.4 Å². The molecule has 0 aromatic carbocycles. The van der Waals surface area contributed by atoms with Crippen molar-refractivity contribution in [2.24, 2.45) is 5.73 Å². The quantitative estimate of drug-likeness (QED) is 0.683. The summed E-state index contributed by atoms with van der Waals surface area (Å²) in [6.07, 6.45) is 1.35. The Morgan fingerprint density at radius 2 is 2.27 bits per heavy atom. The second-order valence-electron chi connectivity index (χ2n) is 2.83. The maximum Gasteiger partial charge on any atom is 0.245 e. The zero-order valence-corrected chi connectivity index (χ0v) is 9.89. The molecular formula is C9H21N3O2S. The van der Waals surface area contributed by atoms with Crippen LogP contribution in [0.3, 0.4) is 0 Å². The molecule has 90 valence electrons. The van der Waals surface area contributed by atoms with Crippen molar-refractivity contribution in [1.82, 2.24) is 10.2 Å². The Bertz CT molecular complexity index is 265. The highest BCUT2D eigenvalue weighted by molar-refractivity contribution is 7.80.